The first-order chi connectivity index (χ1) is 14.5. The second-order valence-electron chi connectivity index (χ2n) is 6.08. The van der Waals surface area contributed by atoms with Crippen molar-refractivity contribution in [3.63, 3.8) is 0 Å². The number of carbonyl (C=O) groups is 2. The molecule has 2 rings (SSSR count). The third kappa shape index (κ3) is 7.51. The Kier molecular flexibility index (Phi) is 8.40. The van der Waals surface area contributed by atoms with Gasteiger partial charge in [0.1, 0.15) is 11.7 Å². The zero-order valence-electron chi connectivity index (χ0n) is 15.8. The predicted octanol–water partition coefficient (Wildman–Crippen LogP) is 3.97. The van der Waals surface area contributed by atoms with Crippen molar-refractivity contribution >= 4 is 81.0 Å². The lowest BCUT2D eigenvalue weighted by Gasteiger charge is -2.27. The highest BCUT2D eigenvalue weighted by Gasteiger charge is 2.36. The van der Waals surface area contributed by atoms with E-state index in [4.69, 9.17) is 47.0 Å². The summed E-state index contributed by atoms with van der Waals surface area (Å²) in [4.78, 5) is 34.1. The van der Waals surface area contributed by atoms with Gasteiger partial charge in [-0.3, -0.25) is 19.7 Å². The summed E-state index contributed by atoms with van der Waals surface area (Å²) in [6.07, 6.45) is -1.32. The van der Waals surface area contributed by atoms with Gasteiger partial charge < -0.3 is 21.3 Å². The molecule has 0 aliphatic heterocycles. The van der Waals surface area contributed by atoms with Crippen LogP contribution in [0.2, 0.25) is 0 Å². The molecule has 2 aromatic rings. The van der Waals surface area contributed by atoms with Crippen LogP contribution in [0.3, 0.4) is 0 Å². The molecule has 1 unspecified atom stereocenters. The Balaban J connectivity index is 2.10. The number of carbonyl (C=O) groups excluding carboxylic acids is 2. The maximum atomic E-state index is 12.6. The summed E-state index contributed by atoms with van der Waals surface area (Å²) in [6, 6.07) is 11.9. The predicted molar refractivity (Wildman–Crippen MR) is 125 cm³/mol. The molecule has 0 aromatic heterocycles. The molecule has 0 bridgehead atoms. The van der Waals surface area contributed by atoms with Gasteiger partial charge in [-0.15, -0.1) is 0 Å². The Bertz CT molecular complexity index is 998. The van der Waals surface area contributed by atoms with Crippen molar-refractivity contribution in [1.29, 1.82) is 0 Å². The third-order valence-electron chi connectivity index (χ3n) is 3.69. The molecule has 0 aliphatic carbocycles. The maximum absolute atomic E-state index is 12.6. The van der Waals surface area contributed by atoms with E-state index < -0.39 is 26.5 Å². The highest BCUT2D eigenvalue weighted by molar-refractivity contribution is 7.80. The van der Waals surface area contributed by atoms with Crippen LogP contribution in [0.5, 0.6) is 0 Å². The molecule has 0 saturated heterocycles. The van der Waals surface area contributed by atoms with E-state index >= 15 is 0 Å². The number of thiocarbonyl (C=S) groups is 1. The van der Waals surface area contributed by atoms with E-state index in [1.807, 2.05) is 0 Å². The molecule has 4 N–H and O–H groups in total. The van der Waals surface area contributed by atoms with Gasteiger partial charge in [-0.05, 0) is 42.5 Å². The number of amides is 2. The van der Waals surface area contributed by atoms with Crippen LogP contribution in [0.25, 0.3) is 0 Å². The van der Waals surface area contributed by atoms with Crippen LogP contribution in [0.15, 0.2) is 48.5 Å². The van der Waals surface area contributed by atoms with Crippen LogP contribution in [0.1, 0.15) is 17.3 Å². The standard InChI is InChI=1S/C18H16Cl3N5O4S/c1-10(27)22-11-6-8-12(9-7-11)23-17(31)25-16(18(19,20)21)24-15(28)13-4-2-3-5-14(13)26(29)30/h2-9,16H,1H3,(H,22,27)(H,24,28)(H2,23,25,31). The SMILES string of the molecule is CC(=O)Nc1ccc(NC(=S)NC(NC(=O)c2ccccc2[N+](=O)[O-])C(Cl)(Cl)Cl)cc1. The van der Waals surface area contributed by atoms with Crippen molar-refractivity contribution in [2.75, 3.05) is 10.6 Å². The highest BCUT2D eigenvalue weighted by Crippen LogP contribution is 2.30. The number of hydrogen-bond acceptors (Lipinski definition) is 5. The number of nitro groups is 1. The molecule has 2 amide bonds. The fourth-order valence-corrected chi connectivity index (χ4v) is 2.93. The quantitative estimate of drug-likeness (QED) is 0.154. The molecule has 2 aromatic carbocycles. The van der Waals surface area contributed by atoms with E-state index in [9.17, 15) is 19.7 Å². The molecule has 0 saturated carbocycles. The van der Waals surface area contributed by atoms with Gasteiger partial charge in [0, 0.05) is 24.4 Å². The van der Waals surface area contributed by atoms with Gasteiger partial charge in [-0.1, -0.05) is 46.9 Å². The van der Waals surface area contributed by atoms with Gasteiger partial charge in [0.2, 0.25) is 9.70 Å². The molecule has 9 nitrogen and oxygen atoms in total. The number of benzene rings is 2. The Morgan fingerprint density at radius 3 is 2.06 bits per heavy atom. The van der Waals surface area contributed by atoms with Crippen LogP contribution in [0.4, 0.5) is 17.1 Å². The summed E-state index contributed by atoms with van der Waals surface area (Å²) in [6.45, 7) is 1.39. The number of para-hydroxylation sites is 1. The van der Waals surface area contributed by atoms with Gasteiger partial charge in [-0.25, -0.2) is 0 Å². The number of hydrogen-bond donors (Lipinski definition) is 4. The van der Waals surface area contributed by atoms with Crippen molar-refractivity contribution in [2.45, 2.75) is 16.9 Å². The second kappa shape index (κ2) is 10.6. The number of nitrogens with one attached hydrogen (secondary N) is 4. The molecule has 31 heavy (non-hydrogen) atoms. The fraction of sp³-hybridized carbons (Fsp3) is 0.167. The Hall–Kier alpha value is -2.66. The summed E-state index contributed by atoms with van der Waals surface area (Å²) in [5.74, 6) is -1.05. The van der Waals surface area contributed by atoms with Crippen LogP contribution in [-0.4, -0.2) is 31.8 Å². The number of halogens is 3. The summed E-state index contributed by atoms with van der Waals surface area (Å²) in [7, 11) is 0. The van der Waals surface area contributed by atoms with E-state index in [0.717, 1.165) is 0 Å². The molecule has 13 heteroatoms. The van der Waals surface area contributed by atoms with Gasteiger partial charge >= 0.3 is 0 Å². The summed E-state index contributed by atoms with van der Waals surface area (Å²) in [5.41, 5.74) is 0.538. The minimum absolute atomic E-state index is 0.00598. The molecular formula is C18H16Cl3N5O4S. The van der Waals surface area contributed by atoms with Crippen molar-refractivity contribution in [1.82, 2.24) is 10.6 Å². The topological polar surface area (TPSA) is 125 Å². The van der Waals surface area contributed by atoms with E-state index in [2.05, 4.69) is 21.3 Å². The summed E-state index contributed by atoms with van der Waals surface area (Å²) >= 11 is 23.0. The summed E-state index contributed by atoms with van der Waals surface area (Å²) in [5, 5.41) is 21.7. The Labute approximate surface area is 197 Å². The van der Waals surface area contributed by atoms with Crippen LogP contribution in [-0.2, 0) is 4.79 Å². The van der Waals surface area contributed by atoms with Gasteiger partial charge in [-0.2, -0.15) is 0 Å². The van der Waals surface area contributed by atoms with Crippen LogP contribution >= 0.6 is 47.0 Å². The number of anilines is 2. The van der Waals surface area contributed by atoms with E-state index in [0.29, 0.717) is 11.4 Å². The minimum atomic E-state index is -2.04. The normalized spacial score (nSPS) is 11.7. The average molecular weight is 505 g/mol. The second-order valence-corrected chi connectivity index (χ2v) is 8.86. The largest absolute Gasteiger partial charge is 0.339 e. The monoisotopic (exact) mass is 503 g/mol. The Morgan fingerprint density at radius 2 is 1.55 bits per heavy atom. The smallest absolute Gasteiger partial charge is 0.282 e. The third-order valence-corrected chi connectivity index (χ3v) is 4.56. The first-order valence-corrected chi connectivity index (χ1v) is 10.1. The molecule has 1 atom stereocenters. The molecule has 0 spiro atoms. The van der Waals surface area contributed by atoms with Gasteiger partial charge in [0.05, 0.1) is 4.92 Å². The Morgan fingerprint density at radius 1 is 1.00 bits per heavy atom. The van der Waals surface area contributed by atoms with Gasteiger partial charge in [0.15, 0.2) is 5.11 Å². The zero-order valence-corrected chi connectivity index (χ0v) is 18.9. The molecule has 0 heterocycles. The number of alkyl halides is 3. The first kappa shape index (κ1) is 24.6. The molecule has 0 radical (unpaired) electrons. The number of nitrogens with zero attached hydrogens (tertiary/aromatic N) is 1. The summed E-state index contributed by atoms with van der Waals surface area (Å²) < 4.78 is -2.04. The van der Waals surface area contributed by atoms with Crippen molar-refractivity contribution < 1.29 is 14.5 Å². The van der Waals surface area contributed by atoms with Crippen molar-refractivity contribution in [3.8, 4) is 0 Å². The van der Waals surface area contributed by atoms with E-state index in [1.54, 1.807) is 24.3 Å². The van der Waals surface area contributed by atoms with E-state index in [1.165, 1.54) is 31.2 Å². The average Bonchev–Trinajstić information content (AvgIpc) is 2.67. The highest BCUT2D eigenvalue weighted by atomic mass is 35.6. The molecule has 0 fully saturated rings. The lowest BCUT2D eigenvalue weighted by molar-refractivity contribution is -0.385. The van der Waals surface area contributed by atoms with Gasteiger partial charge in [0.25, 0.3) is 11.6 Å². The van der Waals surface area contributed by atoms with Crippen molar-refractivity contribution in [2.24, 2.45) is 0 Å². The minimum Gasteiger partial charge on any atom is -0.339 e. The molecule has 0 aliphatic rings. The fourth-order valence-electron chi connectivity index (χ4n) is 2.37. The molecular weight excluding hydrogens is 489 g/mol. The molecule has 164 valence electrons. The lowest BCUT2D eigenvalue weighted by atomic mass is 10.1. The lowest BCUT2D eigenvalue weighted by Crippen LogP contribution is -2.56. The van der Waals surface area contributed by atoms with Crippen LogP contribution < -0.4 is 21.3 Å². The zero-order chi connectivity index (χ0) is 23.2. The first-order valence-electron chi connectivity index (χ1n) is 8.53. The number of nitro benzene ring substituents is 1. The van der Waals surface area contributed by atoms with Crippen LogP contribution in [0, 0.1) is 10.1 Å². The number of rotatable bonds is 6. The van der Waals surface area contributed by atoms with E-state index in [-0.39, 0.29) is 16.6 Å². The maximum Gasteiger partial charge on any atom is 0.282 e. The van der Waals surface area contributed by atoms with Crippen molar-refractivity contribution in [3.05, 3.63) is 64.2 Å².